The van der Waals surface area contributed by atoms with Gasteiger partial charge in [0.2, 0.25) is 0 Å². The molecule has 0 atom stereocenters. The first kappa shape index (κ1) is 7.12. The number of terminal acetylenes is 1. The molecule has 0 bridgehead atoms. The summed E-state index contributed by atoms with van der Waals surface area (Å²) in [4.78, 5) is 0. The Morgan fingerprint density at radius 3 is 2.88 bits per heavy atom. The van der Waals surface area contributed by atoms with E-state index in [0.717, 1.165) is 19.3 Å². The summed E-state index contributed by atoms with van der Waals surface area (Å²) >= 11 is 0. The number of rotatable bonds is 3. The van der Waals surface area contributed by atoms with Crippen LogP contribution in [0.1, 0.15) is 19.3 Å². The van der Waals surface area contributed by atoms with Gasteiger partial charge in [0.1, 0.15) is 0 Å². The Morgan fingerprint density at radius 2 is 2.38 bits per heavy atom. The van der Waals surface area contributed by atoms with Gasteiger partial charge in [-0.25, -0.2) is 0 Å². The van der Waals surface area contributed by atoms with Crippen LogP contribution in [0, 0.1) is 31.1 Å². The Hall–Kier alpha value is -0.880. The Morgan fingerprint density at radius 1 is 1.62 bits per heavy atom. The fourth-order valence-corrected chi connectivity index (χ4v) is 0.376. The van der Waals surface area contributed by atoms with E-state index >= 15 is 0 Å². The van der Waals surface area contributed by atoms with Crippen molar-refractivity contribution in [1.29, 1.82) is 0 Å². The Bertz CT molecular complexity index is 93.0. The Balaban J connectivity index is 2.77. The van der Waals surface area contributed by atoms with Crippen molar-refractivity contribution >= 4 is 0 Å². The van der Waals surface area contributed by atoms with Crippen molar-refractivity contribution < 1.29 is 0 Å². The van der Waals surface area contributed by atoms with Crippen molar-refractivity contribution in [2.45, 2.75) is 19.3 Å². The largest absolute Gasteiger partial charge is 0.120 e. The lowest BCUT2D eigenvalue weighted by Gasteiger charge is -1.85. The number of unbranched alkanes of at least 4 members (excludes halogenated alkanes) is 3. The predicted octanol–water partition coefficient (Wildman–Crippen LogP) is 1.58. The highest BCUT2D eigenvalue weighted by Gasteiger charge is 1.80. The first-order valence-electron chi connectivity index (χ1n) is 2.59. The molecule has 0 spiro atoms. The molecule has 0 nitrogen and oxygen atoms in total. The molecule has 0 amide bonds. The first-order chi connectivity index (χ1) is 3.91. The first-order valence-corrected chi connectivity index (χ1v) is 2.59. The van der Waals surface area contributed by atoms with E-state index in [4.69, 9.17) is 12.8 Å². The zero-order valence-corrected chi connectivity index (χ0v) is 4.78. The maximum Gasteiger partial charge on any atom is 0.0338 e. The van der Waals surface area contributed by atoms with Gasteiger partial charge in [0.05, 0.1) is 0 Å². The SMILES string of the molecule is [C]#CCCC[CH]C#C. The average molecular weight is 104 g/mol. The third-order valence-corrected chi connectivity index (χ3v) is 0.768. The van der Waals surface area contributed by atoms with Gasteiger partial charge in [0.25, 0.3) is 0 Å². The molecule has 0 aromatic rings. The molecule has 0 saturated heterocycles. The molecule has 0 aromatic carbocycles. The second kappa shape index (κ2) is 6.12. The molecule has 8 heavy (non-hydrogen) atoms. The van der Waals surface area contributed by atoms with E-state index in [2.05, 4.69) is 11.8 Å². The summed E-state index contributed by atoms with van der Waals surface area (Å²) < 4.78 is 0. The molecule has 0 N–H and O–H groups in total. The molecule has 0 aromatic heterocycles. The predicted molar refractivity (Wildman–Crippen MR) is 34.1 cm³/mol. The van der Waals surface area contributed by atoms with Crippen LogP contribution in [-0.4, -0.2) is 0 Å². The smallest absolute Gasteiger partial charge is 0.0338 e. The van der Waals surface area contributed by atoms with Gasteiger partial charge < -0.3 is 0 Å². The monoisotopic (exact) mass is 104 g/mol. The molecule has 40 valence electrons. The van der Waals surface area contributed by atoms with Gasteiger partial charge in [-0.15, -0.1) is 12.3 Å². The second-order valence-corrected chi connectivity index (χ2v) is 1.44. The summed E-state index contributed by atoms with van der Waals surface area (Å²) in [7, 11) is 0. The van der Waals surface area contributed by atoms with E-state index in [1.54, 1.807) is 6.42 Å². The summed E-state index contributed by atoms with van der Waals surface area (Å²) in [5.41, 5.74) is 0. The minimum absolute atomic E-state index is 0.720. The lowest BCUT2D eigenvalue weighted by atomic mass is 10.2. The molecule has 0 unspecified atom stereocenters. The highest BCUT2D eigenvalue weighted by Crippen LogP contribution is 1.94. The summed E-state index contributed by atoms with van der Waals surface area (Å²) in [6, 6.07) is 0. The van der Waals surface area contributed by atoms with Gasteiger partial charge in [-0.05, 0) is 19.3 Å². The zero-order chi connectivity index (χ0) is 6.24. The van der Waals surface area contributed by atoms with Gasteiger partial charge in [-0.2, -0.15) is 0 Å². The molecule has 0 aliphatic carbocycles. The zero-order valence-electron chi connectivity index (χ0n) is 4.78. The van der Waals surface area contributed by atoms with Crippen LogP contribution in [0.5, 0.6) is 0 Å². The normalized spacial score (nSPS) is 7.25. The second-order valence-electron chi connectivity index (χ2n) is 1.44. The van der Waals surface area contributed by atoms with Crippen molar-refractivity contribution in [2.24, 2.45) is 0 Å². The lowest BCUT2D eigenvalue weighted by Crippen LogP contribution is -1.71. The highest BCUT2D eigenvalue weighted by atomic mass is 13.8. The molecule has 0 aliphatic heterocycles. The molecule has 0 saturated carbocycles. The van der Waals surface area contributed by atoms with E-state index in [1.807, 2.05) is 0 Å². The van der Waals surface area contributed by atoms with Crippen molar-refractivity contribution in [2.75, 3.05) is 0 Å². The minimum Gasteiger partial charge on any atom is -0.120 e. The summed E-state index contributed by atoms with van der Waals surface area (Å²) in [5.74, 6) is 4.70. The number of hydrogen-bond acceptors (Lipinski definition) is 0. The maximum absolute atomic E-state index is 6.52. The summed E-state index contributed by atoms with van der Waals surface area (Å²) in [5, 5.41) is 0. The van der Waals surface area contributed by atoms with Gasteiger partial charge in [0.15, 0.2) is 0 Å². The quantitative estimate of drug-likeness (QED) is 0.376. The van der Waals surface area contributed by atoms with Crippen molar-refractivity contribution in [1.82, 2.24) is 0 Å². The molecule has 2 radical (unpaired) electrons. The van der Waals surface area contributed by atoms with Crippen molar-refractivity contribution in [3.8, 4) is 18.3 Å². The van der Waals surface area contributed by atoms with Gasteiger partial charge in [-0.1, -0.05) is 5.92 Å². The van der Waals surface area contributed by atoms with Crippen LogP contribution < -0.4 is 0 Å². The third kappa shape index (κ3) is 5.12. The molecule has 0 rings (SSSR count). The van der Waals surface area contributed by atoms with Crippen LogP contribution in [0.15, 0.2) is 0 Å². The molecule has 0 fully saturated rings. The van der Waals surface area contributed by atoms with Crippen molar-refractivity contribution in [3.05, 3.63) is 12.8 Å². The van der Waals surface area contributed by atoms with Gasteiger partial charge in [-0.3, -0.25) is 0 Å². The standard InChI is InChI=1S/C8H8/c1-3-5-7-8-6-4-2/h1,5H,6-8H2. The van der Waals surface area contributed by atoms with Crippen LogP contribution in [0.4, 0.5) is 0 Å². The van der Waals surface area contributed by atoms with Crippen LogP contribution >= 0.6 is 0 Å². The van der Waals surface area contributed by atoms with Crippen LogP contribution in [0.3, 0.4) is 0 Å². The summed E-state index contributed by atoms with van der Waals surface area (Å²) in [6.45, 7) is 0. The fraction of sp³-hybridized carbons (Fsp3) is 0.375. The maximum atomic E-state index is 6.52. The van der Waals surface area contributed by atoms with E-state index in [-0.39, 0.29) is 0 Å². The molecule has 0 heterocycles. The highest BCUT2D eigenvalue weighted by molar-refractivity contribution is 5.00. The summed E-state index contributed by atoms with van der Waals surface area (Å²) in [6.07, 6.45) is 15.8. The molecular formula is C8H8. The Kier molecular flexibility index (Phi) is 5.45. The molecule has 0 aliphatic rings. The molecular weight excluding hydrogens is 96.1 g/mol. The lowest BCUT2D eigenvalue weighted by molar-refractivity contribution is 0.862. The van der Waals surface area contributed by atoms with Gasteiger partial charge in [0, 0.05) is 12.8 Å². The van der Waals surface area contributed by atoms with Crippen LogP contribution in [0.25, 0.3) is 0 Å². The fourth-order valence-electron chi connectivity index (χ4n) is 0.376. The topological polar surface area (TPSA) is 0 Å². The van der Waals surface area contributed by atoms with Crippen LogP contribution in [-0.2, 0) is 0 Å². The van der Waals surface area contributed by atoms with E-state index in [9.17, 15) is 0 Å². The third-order valence-electron chi connectivity index (χ3n) is 0.768. The minimum atomic E-state index is 0.720. The van der Waals surface area contributed by atoms with Gasteiger partial charge >= 0.3 is 0 Å². The average Bonchev–Trinajstić information content (AvgIpc) is 1.81. The van der Waals surface area contributed by atoms with E-state index < -0.39 is 0 Å². The van der Waals surface area contributed by atoms with E-state index in [0.29, 0.717) is 0 Å². The van der Waals surface area contributed by atoms with Crippen LogP contribution in [0.2, 0.25) is 0 Å². The molecule has 0 heteroatoms. The van der Waals surface area contributed by atoms with E-state index in [1.165, 1.54) is 0 Å². The van der Waals surface area contributed by atoms with Crippen molar-refractivity contribution in [3.63, 3.8) is 0 Å². The Labute approximate surface area is 51.3 Å². The number of hydrogen-bond donors (Lipinski definition) is 0.